The molecule has 0 aliphatic carbocycles. The predicted molar refractivity (Wildman–Crippen MR) is 83.6 cm³/mol. The lowest BCUT2D eigenvalue weighted by Crippen LogP contribution is -2.30. The number of nitrogens with one attached hydrogen (secondary N) is 1. The molecule has 3 N–H and O–H groups in total. The third kappa shape index (κ3) is 4.67. The molecule has 0 aliphatic rings. The second-order valence-electron chi connectivity index (χ2n) is 4.66. The molecule has 1 heterocycles. The first-order valence-electron chi connectivity index (χ1n) is 6.43. The van der Waals surface area contributed by atoms with Gasteiger partial charge in [-0.05, 0) is 25.2 Å². The van der Waals surface area contributed by atoms with Crippen molar-refractivity contribution in [2.45, 2.75) is 13.1 Å². The number of likely N-dealkylation sites (N-methyl/N-ethyl adjacent to an activating group) is 1. The summed E-state index contributed by atoms with van der Waals surface area (Å²) in [4.78, 5) is 17.8. The van der Waals surface area contributed by atoms with E-state index in [1.807, 2.05) is 0 Å². The molecule has 7 nitrogen and oxygen atoms in total. The van der Waals surface area contributed by atoms with Gasteiger partial charge in [0.05, 0.1) is 29.7 Å². The molecule has 0 fully saturated rings. The third-order valence-corrected chi connectivity index (χ3v) is 3.45. The molecule has 1 aromatic heterocycles. The summed E-state index contributed by atoms with van der Waals surface area (Å²) in [7, 11) is 1.77. The van der Waals surface area contributed by atoms with E-state index in [1.54, 1.807) is 30.1 Å². The quantitative estimate of drug-likeness (QED) is 0.831. The van der Waals surface area contributed by atoms with Crippen molar-refractivity contribution in [1.29, 1.82) is 0 Å². The third-order valence-electron chi connectivity index (χ3n) is 2.71. The first-order chi connectivity index (χ1) is 10.5. The van der Waals surface area contributed by atoms with Crippen LogP contribution in [0.25, 0.3) is 0 Å². The fourth-order valence-corrected chi connectivity index (χ4v) is 2.05. The number of carbonyl (C=O) groups excluding carboxylic acids is 1. The summed E-state index contributed by atoms with van der Waals surface area (Å²) >= 11 is 11.7. The minimum Gasteiger partial charge on any atom is -0.338 e. The van der Waals surface area contributed by atoms with Crippen LogP contribution in [0.4, 0.5) is 5.69 Å². The first kappa shape index (κ1) is 16.7. The van der Waals surface area contributed by atoms with Gasteiger partial charge < -0.3 is 15.6 Å². The van der Waals surface area contributed by atoms with E-state index in [0.29, 0.717) is 34.0 Å². The van der Waals surface area contributed by atoms with Crippen LogP contribution in [0.15, 0.2) is 22.7 Å². The van der Waals surface area contributed by atoms with Crippen molar-refractivity contribution >= 4 is 34.8 Å². The number of benzene rings is 1. The van der Waals surface area contributed by atoms with Crippen LogP contribution in [-0.2, 0) is 17.9 Å². The fraction of sp³-hybridized carbons (Fsp3) is 0.308. The van der Waals surface area contributed by atoms with Crippen LogP contribution in [0.2, 0.25) is 10.0 Å². The Morgan fingerprint density at radius 3 is 2.82 bits per heavy atom. The zero-order chi connectivity index (χ0) is 16.1. The van der Waals surface area contributed by atoms with E-state index in [4.69, 9.17) is 33.5 Å². The molecule has 9 heteroatoms. The molecule has 1 amide bonds. The predicted octanol–water partition coefficient (Wildman–Crippen LogP) is 1.91. The molecule has 0 saturated heterocycles. The zero-order valence-electron chi connectivity index (χ0n) is 11.8. The minimum atomic E-state index is -0.191. The van der Waals surface area contributed by atoms with Gasteiger partial charge in [0.1, 0.15) is 0 Å². The maximum atomic E-state index is 12.0. The van der Waals surface area contributed by atoms with Crippen LogP contribution in [-0.4, -0.2) is 34.5 Å². The van der Waals surface area contributed by atoms with Gasteiger partial charge in [-0.15, -0.1) is 0 Å². The normalized spacial score (nSPS) is 11.0. The van der Waals surface area contributed by atoms with Gasteiger partial charge in [-0.2, -0.15) is 4.98 Å². The molecular formula is C13H15Cl2N5O2. The number of nitrogens with two attached hydrogens (primary N) is 1. The molecule has 2 aromatic rings. The van der Waals surface area contributed by atoms with E-state index in [2.05, 4.69) is 15.5 Å². The number of anilines is 1. The number of hydrogen-bond acceptors (Lipinski definition) is 6. The summed E-state index contributed by atoms with van der Waals surface area (Å²) in [6.07, 6.45) is 0. The molecule has 0 spiro atoms. The van der Waals surface area contributed by atoms with Crippen molar-refractivity contribution in [2.75, 3.05) is 18.9 Å². The van der Waals surface area contributed by atoms with Crippen LogP contribution >= 0.6 is 23.2 Å². The van der Waals surface area contributed by atoms with E-state index in [-0.39, 0.29) is 19.0 Å². The largest absolute Gasteiger partial charge is 0.338 e. The Morgan fingerprint density at radius 2 is 2.18 bits per heavy atom. The Morgan fingerprint density at radius 1 is 1.41 bits per heavy atom. The highest BCUT2D eigenvalue weighted by molar-refractivity contribution is 6.42. The van der Waals surface area contributed by atoms with Gasteiger partial charge in [-0.3, -0.25) is 9.69 Å². The standard InChI is InChI=1S/C13H15Cl2N5O2/c1-20(6-11-18-13(5-16)22-19-11)7-12(21)17-8-2-3-9(14)10(15)4-8/h2-4H,5-7,16H2,1H3,(H,17,21). The molecule has 2 rings (SSSR count). The molecule has 0 atom stereocenters. The maximum Gasteiger partial charge on any atom is 0.240 e. The van der Waals surface area contributed by atoms with Gasteiger partial charge in [-0.25, -0.2) is 0 Å². The van der Waals surface area contributed by atoms with Gasteiger partial charge in [-0.1, -0.05) is 28.4 Å². The Bertz CT molecular complexity index is 662. The van der Waals surface area contributed by atoms with Crippen molar-refractivity contribution in [1.82, 2.24) is 15.0 Å². The Kier molecular flexibility index (Phi) is 5.73. The van der Waals surface area contributed by atoms with Crippen LogP contribution in [0.5, 0.6) is 0 Å². The molecule has 0 saturated carbocycles. The summed E-state index contributed by atoms with van der Waals surface area (Å²) in [6, 6.07) is 4.89. The molecule has 0 unspecified atom stereocenters. The second kappa shape index (κ2) is 7.55. The van der Waals surface area contributed by atoms with Crippen molar-refractivity contribution in [3.8, 4) is 0 Å². The van der Waals surface area contributed by atoms with E-state index >= 15 is 0 Å². The summed E-state index contributed by atoms with van der Waals surface area (Å²) in [5, 5.41) is 7.32. The lowest BCUT2D eigenvalue weighted by molar-refractivity contribution is -0.117. The molecule has 1 aromatic carbocycles. The number of rotatable bonds is 6. The summed E-state index contributed by atoms with van der Waals surface area (Å²) in [6.45, 7) is 0.722. The van der Waals surface area contributed by atoms with Gasteiger partial charge in [0.2, 0.25) is 11.8 Å². The average molecular weight is 344 g/mol. The van der Waals surface area contributed by atoms with E-state index in [0.717, 1.165) is 0 Å². The topological polar surface area (TPSA) is 97.3 Å². The second-order valence-corrected chi connectivity index (χ2v) is 5.47. The van der Waals surface area contributed by atoms with E-state index < -0.39 is 0 Å². The van der Waals surface area contributed by atoms with Crippen LogP contribution in [0.3, 0.4) is 0 Å². The van der Waals surface area contributed by atoms with E-state index in [9.17, 15) is 4.79 Å². The zero-order valence-corrected chi connectivity index (χ0v) is 13.4. The average Bonchev–Trinajstić information content (AvgIpc) is 2.90. The first-order valence-corrected chi connectivity index (χ1v) is 7.18. The molecule has 0 aliphatic heterocycles. The maximum absolute atomic E-state index is 12.0. The van der Waals surface area contributed by atoms with E-state index in [1.165, 1.54) is 0 Å². The minimum absolute atomic E-state index is 0.159. The smallest absolute Gasteiger partial charge is 0.240 e. The highest BCUT2D eigenvalue weighted by atomic mass is 35.5. The van der Waals surface area contributed by atoms with Crippen LogP contribution in [0.1, 0.15) is 11.7 Å². The Balaban J connectivity index is 1.86. The summed E-state index contributed by atoms with van der Waals surface area (Å²) in [5.41, 5.74) is 5.97. The van der Waals surface area contributed by atoms with Crippen molar-refractivity contribution in [3.05, 3.63) is 40.0 Å². The van der Waals surface area contributed by atoms with Crippen LogP contribution in [0, 0.1) is 0 Å². The number of nitrogens with zero attached hydrogens (tertiary/aromatic N) is 3. The number of carbonyl (C=O) groups is 1. The number of hydrogen-bond donors (Lipinski definition) is 2. The van der Waals surface area contributed by atoms with Gasteiger partial charge in [0.15, 0.2) is 5.82 Å². The molecular weight excluding hydrogens is 329 g/mol. The molecule has 118 valence electrons. The van der Waals surface area contributed by atoms with Gasteiger partial charge in [0, 0.05) is 5.69 Å². The van der Waals surface area contributed by atoms with Crippen molar-refractivity contribution in [3.63, 3.8) is 0 Å². The highest BCUT2D eigenvalue weighted by Crippen LogP contribution is 2.24. The van der Waals surface area contributed by atoms with Gasteiger partial charge in [0.25, 0.3) is 0 Å². The molecule has 22 heavy (non-hydrogen) atoms. The summed E-state index contributed by atoms with van der Waals surface area (Å²) < 4.78 is 4.90. The van der Waals surface area contributed by atoms with Crippen LogP contribution < -0.4 is 11.1 Å². The lowest BCUT2D eigenvalue weighted by atomic mass is 10.3. The fourth-order valence-electron chi connectivity index (χ4n) is 1.75. The number of halogens is 2. The number of aromatic nitrogens is 2. The Hall–Kier alpha value is -1.67. The SMILES string of the molecule is CN(CC(=O)Nc1ccc(Cl)c(Cl)c1)Cc1noc(CN)n1. The highest BCUT2D eigenvalue weighted by Gasteiger charge is 2.12. The number of amides is 1. The summed E-state index contributed by atoms with van der Waals surface area (Å²) in [5.74, 6) is 0.650. The molecule has 0 bridgehead atoms. The van der Waals surface area contributed by atoms with Crippen molar-refractivity contribution < 1.29 is 9.32 Å². The van der Waals surface area contributed by atoms with Crippen molar-refractivity contribution in [2.24, 2.45) is 5.73 Å². The molecule has 0 radical (unpaired) electrons. The van der Waals surface area contributed by atoms with Gasteiger partial charge >= 0.3 is 0 Å². The monoisotopic (exact) mass is 343 g/mol. The Labute approximate surface area is 137 Å². The lowest BCUT2D eigenvalue weighted by Gasteiger charge is -2.14.